The molecule has 14 heavy (non-hydrogen) atoms. The molecule has 0 amide bonds. The SMILES string of the molecule is CCc1ccc2ncc(CCN)n2c1. The summed E-state index contributed by atoms with van der Waals surface area (Å²) in [5.74, 6) is 0. The van der Waals surface area contributed by atoms with Crippen molar-refractivity contribution in [3.8, 4) is 0 Å². The molecule has 0 bridgehead atoms. The lowest BCUT2D eigenvalue weighted by atomic mass is 10.2. The number of fused-ring (bicyclic) bond motifs is 1. The Bertz CT molecular complexity index is 431. The molecular weight excluding hydrogens is 174 g/mol. The van der Waals surface area contributed by atoms with E-state index in [9.17, 15) is 0 Å². The van der Waals surface area contributed by atoms with Crippen LogP contribution in [-0.4, -0.2) is 15.9 Å². The summed E-state index contributed by atoms with van der Waals surface area (Å²) in [5.41, 5.74) is 9.07. The van der Waals surface area contributed by atoms with Gasteiger partial charge in [0.1, 0.15) is 5.65 Å². The Balaban J connectivity index is 2.52. The lowest BCUT2D eigenvalue weighted by molar-refractivity contribution is 0.898. The first-order chi connectivity index (χ1) is 6.85. The van der Waals surface area contributed by atoms with Gasteiger partial charge < -0.3 is 10.1 Å². The van der Waals surface area contributed by atoms with Gasteiger partial charge in [-0.25, -0.2) is 4.98 Å². The smallest absolute Gasteiger partial charge is 0.136 e. The van der Waals surface area contributed by atoms with E-state index in [0.717, 1.165) is 18.5 Å². The molecule has 2 aromatic heterocycles. The highest BCUT2D eigenvalue weighted by molar-refractivity contribution is 5.41. The summed E-state index contributed by atoms with van der Waals surface area (Å²) in [6, 6.07) is 4.17. The van der Waals surface area contributed by atoms with Crippen LogP contribution in [0.4, 0.5) is 0 Å². The van der Waals surface area contributed by atoms with E-state index in [1.807, 2.05) is 6.20 Å². The molecule has 0 aliphatic carbocycles. The summed E-state index contributed by atoms with van der Waals surface area (Å²) in [5, 5.41) is 0. The van der Waals surface area contributed by atoms with Crippen LogP contribution in [0.2, 0.25) is 0 Å². The molecule has 0 atom stereocenters. The molecule has 0 spiro atoms. The average molecular weight is 189 g/mol. The first-order valence-corrected chi connectivity index (χ1v) is 5.00. The van der Waals surface area contributed by atoms with Crippen molar-refractivity contribution in [2.24, 2.45) is 5.73 Å². The Morgan fingerprint density at radius 3 is 3.00 bits per heavy atom. The highest BCUT2D eigenvalue weighted by Gasteiger charge is 2.02. The van der Waals surface area contributed by atoms with Crippen molar-refractivity contribution in [1.29, 1.82) is 0 Å². The van der Waals surface area contributed by atoms with Gasteiger partial charge in [-0.05, 0) is 24.6 Å². The fraction of sp³-hybridized carbons (Fsp3) is 0.364. The van der Waals surface area contributed by atoms with Gasteiger partial charge in [-0.1, -0.05) is 13.0 Å². The third-order valence-electron chi connectivity index (χ3n) is 2.45. The van der Waals surface area contributed by atoms with Crippen LogP contribution in [0.15, 0.2) is 24.5 Å². The molecule has 0 radical (unpaired) electrons. The predicted octanol–water partition coefficient (Wildman–Crippen LogP) is 1.40. The molecule has 0 saturated carbocycles. The number of rotatable bonds is 3. The summed E-state index contributed by atoms with van der Waals surface area (Å²) in [6.45, 7) is 2.82. The van der Waals surface area contributed by atoms with E-state index in [0.29, 0.717) is 6.54 Å². The van der Waals surface area contributed by atoms with Gasteiger partial charge in [-0.15, -0.1) is 0 Å². The fourth-order valence-corrected chi connectivity index (χ4v) is 1.62. The second-order valence-corrected chi connectivity index (χ2v) is 3.41. The molecule has 0 aliphatic heterocycles. The first-order valence-electron chi connectivity index (χ1n) is 5.00. The maximum absolute atomic E-state index is 5.54. The van der Waals surface area contributed by atoms with E-state index < -0.39 is 0 Å². The van der Waals surface area contributed by atoms with Crippen LogP contribution < -0.4 is 5.73 Å². The van der Waals surface area contributed by atoms with Crippen molar-refractivity contribution < 1.29 is 0 Å². The van der Waals surface area contributed by atoms with Crippen LogP contribution in [0.1, 0.15) is 18.2 Å². The van der Waals surface area contributed by atoms with E-state index >= 15 is 0 Å². The number of pyridine rings is 1. The van der Waals surface area contributed by atoms with Gasteiger partial charge in [0, 0.05) is 24.5 Å². The summed E-state index contributed by atoms with van der Waals surface area (Å²) in [4.78, 5) is 4.32. The second-order valence-electron chi connectivity index (χ2n) is 3.41. The van der Waals surface area contributed by atoms with Crippen molar-refractivity contribution in [3.05, 3.63) is 35.8 Å². The topological polar surface area (TPSA) is 43.3 Å². The van der Waals surface area contributed by atoms with Crippen LogP contribution in [0.3, 0.4) is 0 Å². The van der Waals surface area contributed by atoms with Gasteiger partial charge in [0.05, 0.1) is 0 Å². The van der Waals surface area contributed by atoms with E-state index in [1.54, 1.807) is 0 Å². The maximum atomic E-state index is 5.54. The molecule has 2 rings (SSSR count). The van der Waals surface area contributed by atoms with Gasteiger partial charge in [0.25, 0.3) is 0 Å². The summed E-state index contributed by atoms with van der Waals surface area (Å²) in [6.07, 6.45) is 5.99. The van der Waals surface area contributed by atoms with E-state index in [-0.39, 0.29) is 0 Å². The monoisotopic (exact) mass is 189 g/mol. The maximum Gasteiger partial charge on any atom is 0.136 e. The van der Waals surface area contributed by atoms with Gasteiger partial charge in [0.15, 0.2) is 0 Å². The molecule has 0 unspecified atom stereocenters. The minimum atomic E-state index is 0.671. The largest absolute Gasteiger partial charge is 0.330 e. The lowest BCUT2D eigenvalue weighted by Crippen LogP contribution is -2.05. The zero-order valence-corrected chi connectivity index (χ0v) is 8.40. The second kappa shape index (κ2) is 3.80. The van der Waals surface area contributed by atoms with Crippen molar-refractivity contribution in [3.63, 3.8) is 0 Å². The molecular formula is C11H15N3. The van der Waals surface area contributed by atoms with Crippen LogP contribution in [0, 0.1) is 0 Å². The number of nitrogens with two attached hydrogens (primary N) is 1. The highest BCUT2D eigenvalue weighted by Crippen LogP contribution is 2.09. The number of nitrogens with zero attached hydrogens (tertiary/aromatic N) is 2. The third-order valence-corrected chi connectivity index (χ3v) is 2.45. The normalized spacial score (nSPS) is 11.0. The summed E-state index contributed by atoms with van der Waals surface area (Å²) >= 11 is 0. The summed E-state index contributed by atoms with van der Waals surface area (Å²) in [7, 11) is 0. The number of hydrogen-bond donors (Lipinski definition) is 1. The van der Waals surface area contributed by atoms with E-state index in [2.05, 4.69) is 34.6 Å². The Hall–Kier alpha value is -1.35. The average Bonchev–Trinajstić information content (AvgIpc) is 2.61. The molecule has 0 aromatic carbocycles. The highest BCUT2D eigenvalue weighted by atomic mass is 15.0. The van der Waals surface area contributed by atoms with Gasteiger partial charge in [0.2, 0.25) is 0 Å². The molecule has 0 saturated heterocycles. The molecule has 0 aliphatic rings. The quantitative estimate of drug-likeness (QED) is 0.793. The zero-order chi connectivity index (χ0) is 9.97. The Kier molecular flexibility index (Phi) is 2.50. The van der Waals surface area contributed by atoms with E-state index in [4.69, 9.17) is 5.73 Å². The number of aryl methyl sites for hydroxylation is 1. The molecule has 0 fully saturated rings. The Morgan fingerprint density at radius 1 is 1.43 bits per heavy atom. The minimum absolute atomic E-state index is 0.671. The molecule has 3 heteroatoms. The first kappa shape index (κ1) is 9.21. The molecule has 2 heterocycles. The van der Waals surface area contributed by atoms with E-state index in [1.165, 1.54) is 11.3 Å². The van der Waals surface area contributed by atoms with Crippen LogP contribution in [0.25, 0.3) is 5.65 Å². The van der Waals surface area contributed by atoms with Crippen LogP contribution >= 0.6 is 0 Å². The van der Waals surface area contributed by atoms with Gasteiger partial charge >= 0.3 is 0 Å². The third kappa shape index (κ3) is 1.51. The van der Waals surface area contributed by atoms with Crippen molar-refractivity contribution in [1.82, 2.24) is 9.38 Å². The van der Waals surface area contributed by atoms with Crippen LogP contribution in [-0.2, 0) is 12.8 Å². The van der Waals surface area contributed by atoms with Crippen LogP contribution in [0.5, 0.6) is 0 Å². The van der Waals surface area contributed by atoms with Gasteiger partial charge in [-0.2, -0.15) is 0 Å². The van der Waals surface area contributed by atoms with Crippen molar-refractivity contribution in [2.75, 3.05) is 6.54 Å². The molecule has 2 N–H and O–H groups in total. The molecule has 74 valence electrons. The number of hydrogen-bond acceptors (Lipinski definition) is 2. The van der Waals surface area contributed by atoms with Crippen molar-refractivity contribution in [2.45, 2.75) is 19.8 Å². The Labute approximate surface area is 83.6 Å². The number of aromatic nitrogens is 2. The fourth-order valence-electron chi connectivity index (χ4n) is 1.62. The Morgan fingerprint density at radius 2 is 2.29 bits per heavy atom. The zero-order valence-electron chi connectivity index (χ0n) is 8.40. The molecule has 2 aromatic rings. The van der Waals surface area contributed by atoms with Crippen molar-refractivity contribution >= 4 is 5.65 Å². The molecule has 3 nitrogen and oxygen atoms in total. The lowest BCUT2D eigenvalue weighted by Gasteiger charge is -2.02. The summed E-state index contributed by atoms with van der Waals surface area (Å²) < 4.78 is 2.13. The predicted molar refractivity (Wildman–Crippen MR) is 57.3 cm³/mol. The standard InChI is InChI=1S/C11H15N3/c1-2-9-3-4-11-13-7-10(5-6-12)14(11)8-9/h3-4,7-8H,2,5-6,12H2,1H3. The van der Waals surface area contributed by atoms with Gasteiger partial charge in [-0.3, -0.25) is 0 Å². The number of imidazole rings is 1. The minimum Gasteiger partial charge on any atom is -0.330 e.